The number of para-hydroxylation sites is 1. The van der Waals surface area contributed by atoms with Gasteiger partial charge >= 0.3 is 0 Å². The van der Waals surface area contributed by atoms with Gasteiger partial charge in [0.05, 0.1) is 42.2 Å². The number of nitrogens with zero attached hydrogens (tertiary/aromatic N) is 4. The van der Waals surface area contributed by atoms with E-state index in [9.17, 15) is 19.5 Å². The molecular weight excluding hydrogens is 612 g/mol. The first-order valence-corrected chi connectivity index (χ1v) is 16.5. The fourth-order valence-electron chi connectivity index (χ4n) is 8.21. The van der Waals surface area contributed by atoms with E-state index in [-0.39, 0.29) is 31.0 Å². The number of fused-ring (bicyclic) bond motifs is 2. The van der Waals surface area contributed by atoms with Gasteiger partial charge in [0.2, 0.25) is 17.7 Å². The Morgan fingerprint density at radius 2 is 1.79 bits per heavy atom. The number of anilines is 1. The number of aromatic nitrogens is 3. The standard InChI is InChI=1S/C36H40N6O6/c1-4-47-26-16-14-24(15-17-26)38-32(44)29-30-34(46)42(25(20-43)18-23-10-6-5-7-11-23)31(36(30)19-22(2)35(29,3)48-36)33(45)37-21-41-28-13-9-8-12-27(28)39-40-41/h5-17,22,25,29-31,43H,4,18-21H2,1-3H3,(H,37,45)(H,38,44)/t22?,25-,29-,30+,31?,35+,36?/m1/s1. The SMILES string of the molecule is CCOc1ccc(NC(=O)[C@H]2[C@H]3C(=O)N([C@@H](CO)Cc4ccccc4)C(C(=O)NCn4nnc5ccccc54)C34CC(C)[C@]2(C)O4)cc1. The van der Waals surface area contributed by atoms with Crippen molar-refractivity contribution >= 4 is 34.4 Å². The topological polar surface area (TPSA) is 148 Å². The summed E-state index contributed by atoms with van der Waals surface area (Å²) >= 11 is 0. The van der Waals surface area contributed by atoms with Crippen molar-refractivity contribution in [2.45, 2.75) is 63.6 Å². The van der Waals surface area contributed by atoms with E-state index in [2.05, 4.69) is 20.9 Å². The maximum absolute atomic E-state index is 14.7. The molecule has 3 N–H and O–H groups in total. The molecule has 1 aromatic heterocycles. The summed E-state index contributed by atoms with van der Waals surface area (Å²) in [6, 6.07) is 22.2. The van der Waals surface area contributed by atoms with Gasteiger partial charge < -0.3 is 30.1 Å². The van der Waals surface area contributed by atoms with Crippen molar-refractivity contribution in [3.05, 3.63) is 84.4 Å². The number of benzene rings is 3. The van der Waals surface area contributed by atoms with Crippen LogP contribution < -0.4 is 15.4 Å². The van der Waals surface area contributed by atoms with Crippen LogP contribution in [0.1, 0.15) is 32.8 Å². The van der Waals surface area contributed by atoms with Gasteiger partial charge in [0.1, 0.15) is 29.6 Å². The Bertz CT molecular complexity index is 1830. The number of likely N-dealkylation sites (tertiary alicyclic amines) is 1. The van der Waals surface area contributed by atoms with Gasteiger partial charge in [-0.3, -0.25) is 14.4 Å². The lowest BCUT2D eigenvalue weighted by Gasteiger charge is -2.37. The van der Waals surface area contributed by atoms with Crippen LogP contribution in [0.2, 0.25) is 0 Å². The molecule has 3 aromatic carbocycles. The molecule has 12 nitrogen and oxygen atoms in total. The first kappa shape index (κ1) is 31.8. The summed E-state index contributed by atoms with van der Waals surface area (Å²) in [5.41, 5.74) is 0.609. The van der Waals surface area contributed by atoms with Crippen molar-refractivity contribution in [1.29, 1.82) is 0 Å². The highest BCUT2D eigenvalue weighted by atomic mass is 16.5. The number of rotatable bonds is 11. The summed E-state index contributed by atoms with van der Waals surface area (Å²) in [5.74, 6) is -2.45. The minimum absolute atomic E-state index is 0.00950. The zero-order valence-electron chi connectivity index (χ0n) is 27.2. The number of carbonyl (C=O) groups excluding carboxylic acids is 3. The Labute approximate surface area is 278 Å². The first-order valence-electron chi connectivity index (χ1n) is 16.5. The third-order valence-corrected chi connectivity index (χ3v) is 10.5. The van der Waals surface area contributed by atoms with Gasteiger partial charge in [-0.2, -0.15) is 0 Å². The molecule has 0 radical (unpaired) electrons. The van der Waals surface area contributed by atoms with Crippen molar-refractivity contribution in [2.75, 3.05) is 18.5 Å². The van der Waals surface area contributed by atoms with Crippen molar-refractivity contribution < 1.29 is 29.0 Å². The lowest BCUT2D eigenvalue weighted by molar-refractivity contribution is -0.150. The maximum atomic E-state index is 14.7. The first-order chi connectivity index (χ1) is 23.2. The minimum Gasteiger partial charge on any atom is -0.494 e. The van der Waals surface area contributed by atoms with E-state index < -0.39 is 41.0 Å². The highest BCUT2D eigenvalue weighted by molar-refractivity contribution is 6.02. The van der Waals surface area contributed by atoms with Gasteiger partial charge in [0.15, 0.2) is 0 Å². The van der Waals surface area contributed by atoms with Crippen molar-refractivity contribution in [3.8, 4) is 5.75 Å². The van der Waals surface area contributed by atoms with Crippen molar-refractivity contribution in [2.24, 2.45) is 17.8 Å². The Balaban J connectivity index is 1.24. The molecule has 3 saturated heterocycles. The number of aliphatic hydroxyl groups excluding tert-OH is 1. The predicted molar refractivity (Wildman–Crippen MR) is 177 cm³/mol. The second-order valence-corrected chi connectivity index (χ2v) is 13.2. The smallest absolute Gasteiger partial charge is 0.247 e. The second-order valence-electron chi connectivity index (χ2n) is 13.2. The molecule has 3 fully saturated rings. The van der Waals surface area contributed by atoms with Gasteiger partial charge in [0, 0.05) is 5.69 Å². The fraction of sp³-hybridized carbons (Fsp3) is 0.417. The zero-order valence-corrected chi connectivity index (χ0v) is 27.2. The van der Waals surface area contributed by atoms with Crippen LogP contribution in [0.15, 0.2) is 78.9 Å². The van der Waals surface area contributed by atoms with E-state index >= 15 is 0 Å². The Morgan fingerprint density at radius 1 is 1.06 bits per heavy atom. The third-order valence-electron chi connectivity index (χ3n) is 10.5. The van der Waals surface area contributed by atoms with Crippen LogP contribution in [0, 0.1) is 17.8 Å². The molecule has 0 saturated carbocycles. The zero-order chi connectivity index (χ0) is 33.6. The molecule has 0 aliphatic carbocycles. The maximum Gasteiger partial charge on any atom is 0.247 e. The summed E-state index contributed by atoms with van der Waals surface area (Å²) in [6.07, 6.45) is 0.719. The van der Waals surface area contributed by atoms with Crippen LogP contribution in [-0.4, -0.2) is 79.2 Å². The van der Waals surface area contributed by atoms with E-state index in [1.54, 1.807) is 28.9 Å². The minimum atomic E-state index is -1.29. The third kappa shape index (κ3) is 5.10. The summed E-state index contributed by atoms with van der Waals surface area (Å²) in [4.78, 5) is 44.9. The van der Waals surface area contributed by atoms with Gasteiger partial charge in [0.25, 0.3) is 0 Å². The van der Waals surface area contributed by atoms with Crippen molar-refractivity contribution in [3.63, 3.8) is 0 Å². The predicted octanol–water partition coefficient (Wildman–Crippen LogP) is 3.16. The summed E-state index contributed by atoms with van der Waals surface area (Å²) in [7, 11) is 0. The van der Waals surface area contributed by atoms with Gasteiger partial charge in [-0.05, 0) is 74.6 Å². The molecule has 3 aliphatic heterocycles. The number of hydrogen-bond donors (Lipinski definition) is 3. The highest BCUT2D eigenvalue weighted by Crippen LogP contribution is 2.65. The molecule has 1 spiro atoms. The molecule has 3 amide bonds. The number of amides is 3. The number of carbonyl (C=O) groups is 3. The van der Waals surface area contributed by atoms with E-state index in [1.807, 2.05) is 75.4 Å². The van der Waals surface area contributed by atoms with Crippen LogP contribution in [-0.2, 0) is 32.2 Å². The number of ether oxygens (including phenoxy) is 2. The van der Waals surface area contributed by atoms with E-state index in [1.165, 1.54) is 4.90 Å². The summed E-state index contributed by atoms with van der Waals surface area (Å²) < 4.78 is 14.0. The molecule has 12 heteroatoms. The normalized spacial score (nSPS) is 28.0. The molecule has 4 heterocycles. The van der Waals surface area contributed by atoms with E-state index in [0.29, 0.717) is 36.4 Å². The quantitative estimate of drug-likeness (QED) is 0.224. The number of hydrogen-bond acceptors (Lipinski definition) is 8. The number of aliphatic hydroxyl groups is 1. The lowest BCUT2D eigenvalue weighted by Crippen LogP contribution is -2.58. The monoisotopic (exact) mass is 652 g/mol. The van der Waals surface area contributed by atoms with Crippen molar-refractivity contribution in [1.82, 2.24) is 25.2 Å². The largest absolute Gasteiger partial charge is 0.494 e. The van der Waals surface area contributed by atoms with Crippen LogP contribution in [0.5, 0.6) is 5.75 Å². The average molecular weight is 653 g/mol. The van der Waals surface area contributed by atoms with Crippen LogP contribution in [0.4, 0.5) is 5.69 Å². The fourth-order valence-corrected chi connectivity index (χ4v) is 8.21. The van der Waals surface area contributed by atoms with Gasteiger partial charge in [-0.15, -0.1) is 5.10 Å². The molecular formula is C36H40N6O6. The molecule has 4 aromatic rings. The molecule has 7 atom stereocenters. The van der Waals surface area contributed by atoms with Gasteiger partial charge in [-0.25, -0.2) is 4.68 Å². The molecule has 2 bridgehead atoms. The summed E-state index contributed by atoms with van der Waals surface area (Å²) in [5, 5.41) is 25.1. The Hall–Kier alpha value is -4.81. The highest BCUT2D eigenvalue weighted by Gasteiger charge is 2.80. The lowest BCUT2D eigenvalue weighted by atomic mass is 9.62. The van der Waals surface area contributed by atoms with Crippen LogP contribution >= 0.6 is 0 Å². The van der Waals surface area contributed by atoms with Crippen LogP contribution in [0.25, 0.3) is 11.0 Å². The molecule has 3 aliphatic rings. The molecule has 7 rings (SSSR count). The Morgan fingerprint density at radius 3 is 2.52 bits per heavy atom. The number of nitrogens with one attached hydrogen (secondary N) is 2. The van der Waals surface area contributed by atoms with Gasteiger partial charge in [-0.1, -0.05) is 54.6 Å². The molecule has 48 heavy (non-hydrogen) atoms. The molecule has 250 valence electrons. The van der Waals surface area contributed by atoms with E-state index in [4.69, 9.17) is 9.47 Å². The van der Waals surface area contributed by atoms with E-state index in [0.717, 1.165) is 11.1 Å². The Kier molecular flexibility index (Phi) is 8.16. The molecule has 3 unspecified atom stereocenters. The second kappa shape index (κ2) is 12.3. The van der Waals surface area contributed by atoms with Crippen LogP contribution in [0.3, 0.4) is 0 Å². The summed E-state index contributed by atoms with van der Waals surface area (Å²) in [6.45, 7) is 5.92. The average Bonchev–Trinajstić information content (AvgIpc) is 3.77.